The molecule has 2 saturated heterocycles. The van der Waals surface area contributed by atoms with Crippen molar-refractivity contribution in [3.8, 4) is 0 Å². The Kier molecular flexibility index (Phi) is 43.4. The van der Waals surface area contributed by atoms with Crippen LogP contribution in [0.1, 0.15) is 169 Å². The highest BCUT2D eigenvalue weighted by molar-refractivity contribution is 6.01. The summed E-state index contributed by atoms with van der Waals surface area (Å²) < 4.78 is 0. The van der Waals surface area contributed by atoms with Crippen LogP contribution >= 0.6 is 0 Å². The third-order valence-corrected chi connectivity index (χ3v) is 18.2. The second-order valence-corrected chi connectivity index (χ2v) is 28.2. The Morgan fingerprint density at radius 2 is 0.982 bits per heavy atom. The molecule has 3 rings (SSSR count). The third kappa shape index (κ3) is 37.6. The number of rotatable bonds is 32. The Morgan fingerprint density at radius 3 is 1.46 bits per heavy atom. The van der Waals surface area contributed by atoms with E-state index in [4.69, 9.17) is 39.5 Å². The van der Waals surface area contributed by atoms with Crippen molar-refractivity contribution in [1.82, 2.24) is 85.1 Å². The summed E-state index contributed by atoms with van der Waals surface area (Å²) >= 11 is 0. The van der Waals surface area contributed by atoms with E-state index in [0.29, 0.717) is 18.4 Å². The summed E-state index contributed by atoms with van der Waals surface area (Å²) in [6.45, 7) is 6.85. The highest BCUT2D eigenvalue weighted by Gasteiger charge is 2.39. The van der Waals surface area contributed by atoms with Crippen LogP contribution in [0.25, 0.3) is 0 Å². The van der Waals surface area contributed by atoms with Crippen molar-refractivity contribution in [3.05, 3.63) is 35.9 Å². The fourth-order valence-corrected chi connectivity index (χ4v) is 12.0. The number of benzene rings is 1. The molecule has 0 radical (unpaired) electrons. The first-order valence-electron chi connectivity index (χ1n) is 37.8. The van der Waals surface area contributed by atoms with Crippen LogP contribution in [0.15, 0.2) is 30.3 Å². The van der Waals surface area contributed by atoms with Gasteiger partial charge in [0.05, 0.1) is 37.5 Å². The van der Waals surface area contributed by atoms with Gasteiger partial charge in [0.25, 0.3) is 0 Å². The van der Waals surface area contributed by atoms with E-state index in [1.54, 1.807) is 44.2 Å². The molecule has 0 saturated carbocycles. The van der Waals surface area contributed by atoms with E-state index in [0.717, 1.165) is 0 Å². The molecule has 2 aliphatic rings. The van der Waals surface area contributed by atoms with Crippen LogP contribution in [-0.4, -0.2) is 230 Å². The maximum absolute atomic E-state index is 15.1. The minimum atomic E-state index is -1.88. The molecule has 0 aliphatic carbocycles. The summed E-state index contributed by atoms with van der Waals surface area (Å²) in [6.07, 6.45) is -3.20. The molecule has 1 unspecified atom stereocenters. The number of aliphatic hydroxyl groups is 1. The van der Waals surface area contributed by atoms with Crippen LogP contribution in [0.4, 0.5) is 0 Å². The fourth-order valence-electron chi connectivity index (χ4n) is 12.0. The lowest BCUT2D eigenvalue weighted by molar-refractivity contribution is -0.137. The minimum Gasteiger partial charge on any atom is -0.393 e. The van der Waals surface area contributed by atoms with Crippen LogP contribution in [0.3, 0.4) is 0 Å². The number of guanidine groups is 2. The number of nitrogens with two attached hydrogens (primary N) is 5. The Morgan fingerprint density at radius 1 is 0.541 bits per heavy atom. The van der Waals surface area contributed by atoms with E-state index in [9.17, 15) is 77.0 Å². The van der Waals surface area contributed by atoms with Crippen molar-refractivity contribution in [2.24, 2.45) is 40.5 Å². The number of aliphatic hydroxyl groups excluding tert-OH is 1. The molecule has 0 aromatic heterocycles. The van der Waals surface area contributed by atoms with E-state index in [2.05, 4.69) is 85.1 Å². The molecule has 2 fully saturated rings. The molecular formula is C71H119N23O17. The van der Waals surface area contributed by atoms with Crippen molar-refractivity contribution >= 4 is 106 Å². The number of hydrogen-bond donors (Lipinski definition) is 24. The van der Waals surface area contributed by atoms with Crippen molar-refractivity contribution in [2.45, 2.75) is 242 Å². The summed E-state index contributed by atoms with van der Waals surface area (Å²) in [6, 6.07) is -7.98. The fraction of sp³-hybridized carbons (Fsp3) is 0.662. The first kappa shape index (κ1) is 94.6. The van der Waals surface area contributed by atoms with E-state index in [-0.39, 0.29) is 148 Å². The van der Waals surface area contributed by atoms with Crippen molar-refractivity contribution in [1.29, 1.82) is 10.8 Å². The van der Waals surface area contributed by atoms with Gasteiger partial charge in [-0.15, -0.1) is 0 Å². The maximum atomic E-state index is 15.1. The monoisotopic (exact) mass is 1570 g/mol. The van der Waals surface area contributed by atoms with Gasteiger partial charge in [-0.3, -0.25) is 87.5 Å². The normalized spacial score (nSPS) is 23.1. The number of nitrogens with one attached hydrogen (secondary N) is 18. The minimum absolute atomic E-state index is 0.0124. The first-order chi connectivity index (χ1) is 52.6. The molecule has 0 spiro atoms. The van der Waals surface area contributed by atoms with Crippen molar-refractivity contribution in [2.75, 3.05) is 45.8 Å². The smallest absolute Gasteiger partial charge is 0.243 e. The quantitative estimate of drug-likeness (QED) is 0.0181. The van der Waals surface area contributed by atoms with Gasteiger partial charge in [-0.2, -0.15) is 0 Å². The Balaban J connectivity index is 2.19. The number of unbranched alkanes of at least 4 members (excludes halogenated alkanes) is 2. The van der Waals surface area contributed by atoms with Gasteiger partial charge >= 0.3 is 0 Å². The molecule has 29 N–H and O–H groups in total. The SMILES string of the molecule is CC(=O)NCC(=O)N[C@@H](Cc1ccccc1)C(=O)C[C@H](C(=O)N[C@H]1CCCCNC(=O)C[C@@H](C(=O)N[C@H]2CCCCNC(=O)C[C@@H](C(N)=O)NC(=O)[C@H](CC(C)C)NC(=O)[C@H](CCCCN)NC(=O)[C@H](CCCNC(=N)N)NC2=O)NC(=O)[C@H](CCCCN)NC(=O)[C@H](CCCNC(=N)N)NC(=O)[C@H](C)NC1=O)C(C)O. The highest BCUT2D eigenvalue weighted by atomic mass is 16.3. The summed E-state index contributed by atoms with van der Waals surface area (Å²) in [5.74, 6) is -16.8. The van der Waals surface area contributed by atoms with Gasteiger partial charge in [0.1, 0.15) is 60.4 Å². The highest BCUT2D eigenvalue weighted by Crippen LogP contribution is 2.18. The molecule has 40 heteroatoms. The number of primary amides is 1. The zero-order chi connectivity index (χ0) is 82.7. The van der Waals surface area contributed by atoms with Crippen LogP contribution in [-0.2, 0) is 83.1 Å². The molecule has 13 atom stereocenters. The van der Waals surface area contributed by atoms with Gasteiger partial charge in [-0.25, -0.2) is 0 Å². The van der Waals surface area contributed by atoms with Gasteiger partial charge in [-0.05, 0) is 154 Å². The molecule has 15 amide bonds. The topological polar surface area (TPSA) is 664 Å². The Labute approximate surface area is 645 Å². The second kappa shape index (κ2) is 50.9. The molecule has 40 nitrogen and oxygen atoms in total. The van der Waals surface area contributed by atoms with E-state index in [1.165, 1.54) is 20.8 Å². The van der Waals surface area contributed by atoms with E-state index in [1.807, 2.05) is 0 Å². The second-order valence-electron chi connectivity index (χ2n) is 28.2. The van der Waals surface area contributed by atoms with Crippen molar-refractivity contribution in [3.63, 3.8) is 0 Å². The molecule has 0 bridgehead atoms. The van der Waals surface area contributed by atoms with Gasteiger partial charge in [0, 0.05) is 39.5 Å². The molecule has 2 heterocycles. The lowest BCUT2D eigenvalue weighted by Crippen LogP contribution is -2.61. The first-order valence-corrected chi connectivity index (χ1v) is 37.8. The standard InChI is InChI=1S/C71H119N23O17/c1-39(2)33-53-68(110)92-52(59(74)101)36-56(98)79-29-16-12-24-48(63(105)90-50(26-18-32-82-71(77)78)65(107)89-46(66(108)93-53)21-9-13-27-72)91-69(111)54-37-57(99)80-30-15-11-23-45(87-61(103)44(41(4)95)35-55(97)51(34-43-19-7-6-8-20-43)85-58(100)38-83-42(5)96)62(104)84-40(3)60(102)86-49(25-17-31-81-70(75)76)64(106)88-47(67(109)94-54)22-10-14-28-73/h6-8,19-20,39-41,44-54,95H,9-18,21-38,72-73H2,1-5H3,(H2,74,101)(H,79,98)(H,80,99)(H,83,96)(H,84,104)(H,85,100)(H,86,102)(H,87,103)(H,88,106)(H,89,107)(H,90,105)(H,91,111)(H,92,110)(H,93,108)(H,94,109)(H4,75,76,81)(H4,77,78,82)/t40-,41?,44-,45-,46-,47-,48-,49-,50-,51-,52-,53-,54-/m0/s1. The number of amides is 15. The molecule has 1 aromatic rings. The average Bonchev–Trinajstić information content (AvgIpc) is 0.858. The van der Waals surface area contributed by atoms with Crippen LogP contribution in [0.2, 0.25) is 0 Å². The lowest BCUT2D eigenvalue weighted by atomic mass is 9.90. The van der Waals surface area contributed by atoms with Gasteiger partial charge in [0.15, 0.2) is 17.7 Å². The summed E-state index contributed by atoms with van der Waals surface area (Å²) in [4.78, 5) is 224. The Hall–Kier alpha value is -10.6. The number of Topliss-reactive ketones (excluding diaryl/α,β-unsaturated/α-hetero) is 1. The van der Waals surface area contributed by atoms with Crippen molar-refractivity contribution < 1.29 is 81.8 Å². The van der Waals surface area contributed by atoms with Crippen LogP contribution < -0.4 is 114 Å². The molecule has 111 heavy (non-hydrogen) atoms. The van der Waals surface area contributed by atoms with Crippen LogP contribution in [0.5, 0.6) is 0 Å². The lowest BCUT2D eigenvalue weighted by Gasteiger charge is -2.29. The molecular weight excluding hydrogens is 1450 g/mol. The number of hydrogen-bond acceptors (Lipinski definition) is 21. The van der Waals surface area contributed by atoms with E-state index >= 15 is 4.79 Å². The zero-order valence-electron chi connectivity index (χ0n) is 64.1. The predicted molar refractivity (Wildman–Crippen MR) is 406 cm³/mol. The van der Waals surface area contributed by atoms with Crippen LogP contribution in [0, 0.1) is 22.7 Å². The molecule has 1 aromatic carbocycles. The molecule has 2 aliphatic heterocycles. The van der Waals surface area contributed by atoms with Gasteiger partial charge in [-0.1, -0.05) is 44.2 Å². The van der Waals surface area contributed by atoms with Gasteiger partial charge < -0.3 is 119 Å². The zero-order valence-corrected chi connectivity index (χ0v) is 64.1. The number of ketones is 1. The summed E-state index contributed by atoms with van der Waals surface area (Å²) in [7, 11) is 0. The number of carbonyl (C=O) groups excluding carboxylic acids is 16. The molecule has 620 valence electrons. The largest absolute Gasteiger partial charge is 0.393 e. The number of carbonyl (C=O) groups is 16. The van der Waals surface area contributed by atoms with E-state index < -0.39 is 211 Å². The summed E-state index contributed by atoms with van der Waals surface area (Å²) in [5, 5.41) is 67.9. The Bertz CT molecular complexity index is 3330. The summed E-state index contributed by atoms with van der Waals surface area (Å²) in [5.41, 5.74) is 29.0. The third-order valence-electron chi connectivity index (χ3n) is 18.2. The maximum Gasteiger partial charge on any atom is 0.243 e. The predicted octanol–water partition coefficient (Wildman–Crippen LogP) is -6.63. The average molecular weight is 1570 g/mol. The van der Waals surface area contributed by atoms with Gasteiger partial charge in [0.2, 0.25) is 88.6 Å².